The van der Waals surface area contributed by atoms with Crippen molar-refractivity contribution in [1.29, 1.82) is 0 Å². The number of hydrogen-bond donors (Lipinski definition) is 5. The minimum atomic E-state index is 0.0416. The number of aliphatic hydroxyl groups is 1. The van der Waals surface area contributed by atoms with Crippen molar-refractivity contribution in [3.63, 3.8) is 0 Å². The molecule has 0 heterocycles. The van der Waals surface area contributed by atoms with Gasteiger partial charge in [-0.2, -0.15) is 0 Å². The van der Waals surface area contributed by atoms with E-state index in [-0.39, 0.29) is 24.0 Å². The highest BCUT2D eigenvalue weighted by atomic mass is 32.1. The van der Waals surface area contributed by atoms with Crippen molar-refractivity contribution >= 4 is 12.6 Å². The molecule has 7 heteroatoms. The number of hydrogen-bond acceptors (Lipinski definition) is 7. The molecule has 6 unspecified atom stereocenters. The summed E-state index contributed by atoms with van der Waals surface area (Å²) in [4.78, 5) is 1.09. The number of nitrogens with two attached hydrogens (primary N) is 1. The van der Waals surface area contributed by atoms with Gasteiger partial charge in [-0.3, -0.25) is 11.3 Å². The Hall–Kier alpha value is -1.61. The summed E-state index contributed by atoms with van der Waals surface area (Å²) >= 11 is 5.05. The van der Waals surface area contributed by atoms with Crippen molar-refractivity contribution in [2.45, 2.75) is 87.1 Å². The zero-order chi connectivity index (χ0) is 31.4. The average molecular weight is 602 g/mol. The lowest BCUT2D eigenvalue weighted by atomic mass is 9.46. The van der Waals surface area contributed by atoms with Crippen molar-refractivity contribution in [3.05, 3.63) is 68.8 Å². The summed E-state index contributed by atoms with van der Waals surface area (Å²) in [5.41, 5.74) is 11.0. The molecular formula is C35H59N3O3S. The molecule has 1 saturated carbocycles. The number of benzene rings is 1. The Balaban J connectivity index is 2.37. The zero-order valence-electron chi connectivity index (χ0n) is 27.7. The van der Waals surface area contributed by atoms with E-state index in [1.54, 1.807) is 0 Å². The van der Waals surface area contributed by atoms with Gasteiger partial charge in [0.05, 0.1) is 33.0 Å². The van der Waals surface area contributed by atoms with E-state index in [0.717, 1.165) is 24.3 Å². The van der Waals surface area contributed by atoms with E-state index in [9.17, 15) is 0 Å². The first-order chi connectivity index (χ1) is 19.9. The van der Waals surface area contributed by atoms with Crippen LogP contribution >= 0.6 is 12.6 Å². The Bertz CT molecular complexity index is 1060. The quantitative estimate of drug-likeness (QED) is 0.0424. The smallest absolute Gasteiger partial charge is 0.0701 e. The summed E-state index contributed by atoms with van der Waals surface area (Å²) < 4.78 is 11.0. The maximum absolute atomic E-state index is 8.82. The molecule has 0 amide bonds. The van der Waals surface area contributed by atoms with E-state index in [2.05, 4.69) is 103 Å². The largest absolute Gasteiger partial charge is 0.394 e. The van der Waals surface area contributed by atoms with Crippen molar-refractivity contribution < 1.29 is 14.6 Å². The molecule has 1 aliphatic carbocycles. The Morgan fingerprint density at radius 2 is 1.74 bits per heavy atom. The van der Waals surface area contributed by atoms with E-state index >= 15 is 0 Å². The summed E-state index contributed by atoms with van der Waals surface area (Å²) in [6.45, 7) is 23.1. The molecule has 5 N–H and O–H groups in total. The van der Waals surface area contributed by atoms with Crippen LogP contribution in [0.15, 0.2) is 57.7 Å². The molecule has 1 aliphatic rings. The minimum Gasteiger partial charge on any atom is -0.394 e. The first kappa shape index (κ1) is 36.6. The van der Waals surface area contributed by atoms with Crippen LogP contribution in [-0.2, 0) is 9.47 Å². The molecule has 1 fully saturated rings. The number of allylic oxidation sites excluding steroid dienone is 5. The normalized spacial score (nSPS) is 24.3. The van der Waals surface area contributed by atoms with E-state index in [4.69, 9.17) is 33.1 Å². The molecular weight excluding hydrogens is 542 g/mol. The molecule has 0 saturated heterocycles. The van der Waals surface area contributed by atoms with Crippen LogP contribution in [0, 0.1) is 30.1 Å². The van der Waals surface area contributed by atoms with Gasteiger partial charge in [0.2, 0.25) is 0 Å². The second kappa shape index (κ2) is 17.6. The Kier molecular flexibility index (Phi) is 15.4. The van der Waals surface area contributed by atoms with Crippen LogP contribution in [0.1, 0.15) is 85.3 Å². The molecule has 6 atom stereocenters. The van der Waals surface area contributed by atoms with Gasteiger partial charge in [0.15, 0.2) is 0 Å². The number of nitrogens with one attached hydrogen (secondary N) is 2. The summed E-state index contributed by atoms with van der Waals surface area (Å²) in [7, 11) is 0. The van der Waals surface area contributed by atoms with E-state index in [1.165, 1.54) is 33.5 Å². The molecule has 0 aliphatic heterocycles. The molecule has 0 radical (unpaired) electrons. The van der Waals surface area contributed by atoms with Gasteiger partial charge >= 0.3 is 0 Å². The summed E-state index contributed by atoms with van der Waals surface area (Å²) in [6, 6.07) is 9.32. The van der Waals surface area contributed by atoms with Crippen molar-refractivity contribution in [2.75, 3.05) is 39.6 Å². The van der Waals surface area contributed by atoms with Gasteiger partial charge in [-0.15, -0.1) is 12.6 Å². The van der Waals surface area contributed by atoms with Gasteiger partial charge in [-0.05, 0) is 99.2 Å². The van der Waals surface area contributed by atoms with Crippen LogP contribution in [0.3, 0.4) is 0 Å². The molecule has 42 heavy (non-hydrogen) atoms. The number of hydrazine groups is 1. The molecule has 1 aromatic carbocycles. The second-order valence-electron chi connectivity index (χ2n) is 12.6. The highest BCUT2D eigenvalue weighted by Crippen LogP contribution is 2.63. The minimum absolute atomic E-state index is 0.0416. The van der Waals surface area contributed by atoms with Crippen molar-refractivity contribution in [2.24, 2.45) is 29.0 Å². The molecule has 238 valence electrons. The van der Waals surface area contributed by atoms with Crippen LogP contribution in [0.2, 0.25) is 0 Å². The summed E-state index contributed by atoms with van der Waals surface area (Å²) in [5, 5.41) is 12.5. The molecule has 0 bridgehead atoms. The second-order valence-corrected chi connectivity index (χ2v) is 13.3. The number of aryl methyl sites for hydroxylation is 1. The Morgan fingerprint density at radius 1 is 1.12 bits per heavy atom. The number of thiol groups is 1. The third-order valence-electron chi connectivity index (χ3n) is 9.73. The van der Waals surface area contributed by atoms with Crippen molar-refractivity contribution in [1.82, 2.24) is 10.7 Å². The van der Waals surface area contributed by atoms with Crippen LogP contribution in [0.5, 0.6) is 0 Å². The fourth-order valence-electron chi connectivity index (χ4n) is 6.85. The topological polar surface area (TPSA) is 88.8 Å². The maximum Gasteiger partial charge on any atom is 0.0701 e. The summed E-state index contributed by atoms with van der Waals surface area (Å²) in [6.07, 6.45) is 4.38. The van der Waals surface area contributed by atoms with Crippen LogP contribution in [-0.4, -0.2) is 50.7 Å². The molecule has 2 rings (SSSR count). The van der Waals surface area contributed by atoms with Gasteiger partial charge in [0.25, 0.3) is 0 Å². The van der Waals surface area contributed by atoms with Gasteiger partial charge in [-0.25, -0.2) is 0 Å². The average Bonchev–Trinajstić information content (AvgIpc) is 2.97. The first-order valence-electron chi connectivity index (χ1n) is 15.7. The lowest BCUT2D eigenvalue weighted by molar-refractivity contribution is -0.0329. The Labute approximate surface area is 262 Å². The highest BCUT2D eigenvalue weighted by Gasteiger charge is 2.54. The Morgan fingerprint density at radius 3 is 2.26 bits per heavy atom. The molecule has 6 nitrogen and oxygen atoms in total. The molecule has 0 spiro atoms. The van der Waals surface area contributed by atoms with Gasteiger partial charge < -0.3 is 19.9 Å². The van der Waals surface area contributed by atoms with Crippen molar-refractivity contribution in [3.8, 4) is 0 Å². The van der Waals surface area contributed by atoms with Crippen LogP contribution in [0.4, 0.5) is 0 Å². The lowest BCUT2D eigenvalue weighted by Crippen LogP contribution is -2.50. The van der Waals surface area contributed by atoms with Crippen LogP contribution < -0.4 is 16.6 Å². The van der Waals surface area contributed by atoms with Gasteiger partial charge in [0, 0.05) is 24.2 Å². The molecule has 1 aromatic rings. The SMILES string of the molecule is C/C=C(/CC1C(C)CC1(C)C(C(=C(\C)S)/C(C)=C(/C)C(C)C(C)NN)c1ccc(C)cc1)NCCOCCOCCO. The lowest BCUT2D eigenvalue weighted by Gasteiger charge is -2.58. The van der Waals surface area contributed by atoms with E-state index in [1.807, 2.05) is 0 Å². The molecule has 0 aromatic heterocycles. The maximum atomic E-state index is 8.82. The number of ether oxygens (including phenoxy) is 2. The van der Waals surface area contributed by atoms with Gasteiger partial charge in [-0.1, -0.05) is 62.2 Å². The highest BCUT2D eigenvalue weighted by molar-refractivity contribution is 7.84. The predicted molar refractivity (Wildman–Crippen MR) is 180 cm³/mol. The van der Waals surface area contributed by atoms with Crippen LogP contribution in [0.25, 0.3) is 0 Å². The fourth-order valence-corrected chi connectivity index (χ4v) is 7.15. The van der Waals surface area contributed by atoms with E-state index in [0.29, 0.717) is 44.2 Å². The number of rotatable bonds is 18. The third-order valence-corrected chi connectivity index (χ3v) is 9.97. The standard InChI is InChI=1S/C35H59N3O3S/c1-10-31(37-15-17-40-19-20-41-18-16-39)21-32-24(3)22-35(32,9)34(30-13-11-23(2)12-14-30)33(29(8)42)27(6)25(4)26(5)28(7)38-36/h10-14,24,26,28,32,34,37-39,42H,15-22,36H2,1-9H3/b27-25-,31-10-,33-29+. The summed E-state index contributed by atoms with van der Waals surface area (Å²) in [5.74, 6) is 7.49. The first-order valence-corrected chi connectivity index (χ1v) is 16.1. The third kappa shape index (κ3) is 9.44. The number of aliphatic hydroxyl groups excluding tert-OH is 1. The predicted octanol–water partition coefficient (Wildman–Crippen LogP) is 6.68. The monoisotopic (exact) mass is 601 g/mol. The zero-order valence-corrected chi connectivity index (χ0v) is 28.6. The fraction of sp³-hybridized carbons (Fsp3) is 0.657. The van der Waals surface area contributed by atoms with Gasteiger partial charge in [0.1, 0.15) is 0 Å². The van der Waals surface area contributed by atoms with E-state index < -0.39 is 0 Å².